The molecule has 0 radical (unpaired) electrons. The van der Waals surface area contributed by atoms with Gasteiger partial charge in [-0.15, -0.1) is 10.2 Å². The molecule has 9 nitrogen and oxygen atoms in total. The van der Waals surface area contributed by atoms with Crippen LogP contribution in [0.25, 0.3) is 5.69 Å². The summed E-state index contributed by atoms with van der Waals surface area (Å²) in [5.74, 6) is 4.15. The van der Waals surface area contributed by atoms with Gasteiger partial charge in [0.1, 0.15) is 17.5 Å². The summed E-state index contributed by atoms with van der Waals surface area (Å²) in [6.45, 7) is 5.50. The van der Waals surface area contributed by atoms with Gasteiger partial charge < -0.3 is 9.80 Å². The lowest BCUT2D eigenvalue weighted by molar-refractivity contribution is -0.130. The summed E-state index contributed by atoms with van der Waals surface area (Å²) in [6.07, 6.45) is 4.02. The second-order valence-electron chi connectivity index (χ2n) is 10.4. The summed E-state index contributed by atoms with van der Waals surface area (Å²) in [6, 6.07) is 7.97. The fourth-order valence-corrected chi connectivity index (χ4v) is 5.97. The molecule has 1 saturated heterocycles. The van der Waals surface area contributed by atoms with Crippen LogP contribution >= 0.6 is 11.6 Å². The van der Waals surface area contributed by atoms with Gasteiger partial charge in [-0.05, 0) is 49.6 Å². The van der Waals surface area contributed by atoms with E-state index in [2.05, 4.69) is 40.6 Å². The molecule has 3 aromatic rings. The Labute approximate surface area is 209 Å². The zero-order chi connectivity index (χ0) is 24.3. The van der Waals surface area contributed by atoms with Gasteiger partial charge in [-0.2, -0.15) is 0 Å². The first kappa shape index (κ1) is 22.4. The molecule has 1 spiro atoms. The third kappa shape index (κ3) is 3.96. The highest BCUT2D eigenvalue weighted by molar-refractivity contribution is 6.30. The standard InChI is InChI=1S/C25H29ClN8O/c1-16-27-7-6-21(28-16)33-14-25(15-33)9-18(10-25)24-30-29-22-12-32(13-23(35)31(2)3)11-17-8-19(26)4-5-20(17)34(22)24/h4-8,18H,9-15H2,1-3H3. The van der Waals surface area contributed by atoms with Crippen LogP contribution in [0.15, 0.2) is 30.5 Å². The van der Waals surface area contributed by atoms with Gasteiger partial charge in [-0.3, -0.25) is 14.3 Å². The Kier molecular flexibility index (Phi) is 5.30. The number of amides is 1. The minimum atomic E-state index is 0.0659. The summed E-state index contributed by atoms with van der Waals surface area (Å²) >= 11 is 6.37. The largest absolute Gasteiger partial charge is 0.355 e. The molecule has 1 saturated carbocycles. The molecule has 0 atom stereocenters. The van der Waals surface area contributed by atoms with E-state index in [1.54, 1.807) is 19.0 Å². The SMILES string of the molecule is Cc1nccc(N2CC3(CC(c4nnc5n4-c4ccc(Cl)cc4CN(CC(=O)N(C)C)C5)C3)C2)n1. The van der Waals surface area contributed by atoms with Gasteiger partial charge in [-0.25, -0.2) is 9.97 Å². The molecule has 182 valence electrons. The molecular weight excluding hydrogens is 464 g/mol. The van der Waals surface area contributed by atoms with Crippen molar-refractivity contribution >= 4 is 23.3 Å². The lowest BCUT2D eigenvalue weighted by Crippen LogP contribution is -2.62. The molecule has 2 aromatic heterocycles. The van der Waals surface area contributed by atoms with Crippen molar-refractivity contribution in [2.45, 2.75) is 38.8 Å². The molecule has 35 heavy (non-hydrogen) atoms. The van der Waals surface area contributed by atoms with Gasteiger partial charge >= 0.3 is 0 Å². The van der Waals surface area contributed by atoms with Gasteiger partial charge in [0.05, 0.1) is 18.8 Å². The van der Waals surface area contributed by atoms with Gasteiger partial charge in [0.25, 0.3) is 0 Å². The fourth-order valence-electron chi connectivity index (χ4n) is 5.77. The van der Waals surface area contributed by atoms with Crippen LogP contribution in [-0.4, -0.2) is 74.2 Å². The molecule has 1 aromatic carbocycles. The molecule has 1 aliphatic carbocycles. The Hall–Kier alpha value is -3.04. The van der Waals surface area contributed by atoms with Gasteiger partial charge in [0, 0.05) is 56.3 Å². The number of hydrogen-bond donors (Lipinski definition) is 0. The molecule has 1 amide bonds. The van der Waals surface area contributed by atoms with E-state index in [9.17, 15) is 4.79 Å². The zero-order valence-electron chi connectivity index (χ0n) is 20.3. The molecule has 6 rings (SSSR count). The summed E-state index contributed by atoms with van der Waals surface area (Å²) in [5, 5.41) is 9.95. The lowest BCUT2D eigenvalue weighted by atomic mass is 9.57. The average Bonchev–Trinajstić information content (AvgIpc) is 3.08. The highest BCUT2D eigenvalue weighted by Crippen LogP contribution is 2.56. The highest BCUT2D eigenvalue weighted by atomic mass is 35.5. The van der Waals surface area contributed by atoms with E-state index in [1.807, 2.05) is 31.3 Å². The maximum absolute atomic E-state index is 12.4. The number of fused-ring (bicyclic) bond motifs is 3. The molecule has 2 aliphatic heterocycles. The maximum Gasteiger partial charge on any atom is 0.236 e. The van der Waals surface area contributed by atoms with Crippen molar-refractivity contribution < 1.29 is 4.79 Å². The second kappa shape index (κ2) is 8.27. The number of carbonyl (C=O) groups is 1. The van der Waals surface area contributed by atoms with E-state index in [1.165, 1.54) is 0 Å². The Morgan fingerprint density at radius 2 is 1.97 bits per heavy atom. The molecular formula is C25H29ClN8O. The minimum absolute atomic E-state index is 0.0659. The van der Waals surface area contributed by atoms with Gasteiger partial charge in [-0.1, -0.05) is 11.6 Å². The van der Waals surface area contributed by atoms with E-state index in [0.717, 1.165) is 60.5 Å². The van der Waals surface area contributed by atoms with Crippen molar-refractivity contribution in [3.8, 4) is 5.69 Å². The van der Waals surface area contributed by atoms with Crippen LogP contribution in [0.5, 0.6) is 0 Å². The Bertz CT molecular complexity index is 1290. The molecule has 10 heteroatoms. The van der Waals surface area contributed by atoms with Crippen molar-refractivity contribution in [3.05, 3.63) is 58.5 Å². The van der Waals surface area contributed by atoms with Gasteiger partial charge in [0.2, 0.25) is 5.91 Å². The number of nitrogens with zero attached hydrogens (tertiary/aromatic N) is 8. The first-order valence-electron chi connectivity index (χ1n) is 12.0. The predicted molar refractivity (Wildman–Crippen MR) is 133 cm³/mol. The third-order valence-electron chi connectivity index (χ3n) is 7.52. The first-order valence-corrected chi connectivity index (χ1v) is 12.4. The summed E-state index contributed by atoms with van der Waals surface area (Å²) in [4.78, 5) is 27.3. The summed E-state index contributed by atoms with van der Waals surface area (Å²) in [5.41, 5.74) is 2.48. The Morgan fingerprint density at radius 3 is 2.71 bits per heavy atom. The normalized spacial score (nSPS) is 18.9. The Balaban J connectivity index is 1.23. The van der Waals surface area contributed by atoms with Crippen molar-refractivity contribution in [1.82, 2.24) is 34.5 Å². The lowest BCUT2D eigenvalue weighted by Gasteiger charge is -2.59. The minimum Gasteiger partial charge on any atom is -0.355 e. The van der Waals surface area contributed by atoms with Crippen molar-refractivity contribution in [1.29, 1.82) is 0 Å². The molecule has 0 unspecified atom stereocenters. The predicted octanol–water partition coefficient (Wildman–Crippen LogP) is 2.81. The number of aromatic nitrogens is 5. The van der Waals surface area contributed by atoms with E-state index < -0.39 is 0 Å². The molecule has 0 N–H and O–H groups in total. The van der Waals surface area contributed by atoms with Crippen LogP contribution in [0.4, 0.5) is 5.82 Å². The van der Waals surface area contributed by atoms with Gasteiger partial charge in [0.15, 0.2) is 5.82 Å². The third-order valence-corrected chi connectivity index (χ3v) is 7.75. The van der Waals surface area contributed by atoms with Crippen molar-refractivity contribution in [2.75, 3.05) is 38.6 Å². The van der Waals surface area contributed by atoms with E-state index in [0.29, 0.717) is 36.0 Å². The van der Waals surface area contributed by atoms with Crippen molar-refractivity contribution in [2.24, 2.45) is 5.41 Å². The quantitative estimate of drug-likeness (QED) is 0.553. The summed E-state index contributed by atoms with van der Waals surface area (Å²) in [7, 11) is 3.57. The number of halogens is 1. The second-order valence-corrected chi connectivity index (χ2v) is 10.9. The Morgan fingerprint density at radius 1 is 1.17 bits per heavy atom. The monoisotopic (exact) mass is 492 g/mol. The highest BCUT2D eigenvalue weighted by Gasteiger charge is 2.54. The number of benzene rings is 1. The summed E-state index contributed by atoms with van der Waals surface area (Å²) < 4.78 is 2.22. The van der Waals surface area contributed by atoms with Crippen LogP contribution < -0.4 is 4.90 Å². The smallest absolute Gasteiger partial charge is 0.236 e. The van der Waals surface area contributed by atoms with E-state index in [4.69, 9.17) is 11.6 Å². The topological polar surface area (TPSA) is 83.3 Å². The number of hydrogen-bond acceptors (Lipinski definition) is 7. The number of anilines is 1. The first-order chi connectivity index (χ1) is 16.8. The molecule has 4 heterocycles. The van der Waals surface area contributed by atoms with Crippen LogP contribution in [0, 0.1) is 12.3 Å². The van der Waals surface area contributed by atoms with E-state index >= 15 is 0 Å². The fraction of sp³-hybridized carbons (Fsp3) is 0.480. The van der Waals surface area contributed by atoms with Crippen LogP contribution in [0.1, 0.15) is 41.8 Å². The molecule has 0 bridgehead atoms. The van der Waals surface area contributed by atoms with Crippen LogP contribution in [0.2, 0.25) is 5.02 Å². The van der Waals surface area contributed by atoms with Crippen LogP contribution in [0.3, 0.4) is 0 Å². The average molecular weight is 493 g/mol. The number of rotatable bonds is 4. The number of aryl methyl sites for hydroxylation is 1. The molecule has 3 aliphatic rings. The zero-order valence-corrected chi connectivity index (χ0v) is 21.0. The van der Waals surface area contributed by atoms with Crippen LogP contribution in [-0.2, 0) is 17.9 Å². The number of likely N-dealkylation sites (N-methyl/N-ethyl adjacent to an activating group) is 1. The molecule has 2 fully saturated rings. The maximum atomic E-state index is 12.4. The van der Waals surface area contributed by atoms with Crippen molar-refractivity contribution in [3.63, 3.8) is 0 Å². The number of carbonyl (C=O) groups excluding carboxylic acids is 1. The van der Waals surface area contributed by atoms with E-state index in [-0.39, 0.29) is 5.91 Å².